The van der Waals surface area contributed by atoms with Crippen LogP contribution in [0.5, 0.6) is 0 Å². The third-order valence-electron chi connectivity index (χ3n) is 2.00. The first-order valence-electron chi connectivity index (χ1n) is 8.37. The van der Waals surface area contributed by atoms with Crippen molar-refractivity contribution >= 4 is 8.60 Å². The molecule has 0 spiro atoms. The van der Waals surface area contributed by atoms with Crippen molar-refractivity contribution in [3.63, 3.8) is 0 Å². The third-order valence-corrected chi connectivity index (χ3v) is 2.00. The lowest BCUT2D eigenvalue weighted by Crippen LogP contribution is -2.05. The maximum Gasteiger partial charge on any atom is 0.324 e. The smallest absolute Gasteiger partial charge is 0.324 e. The van der Waals surface area contributed by atoms with Gasteiger partial charge in [-0.25, -0.2) is 0 Å². The van der Waals surface area contributed by atoms with Gasteiger partial charge < -0.3 is 58.4 Å². The minimum Gasteiger partial charge on any atom is -0.394 e. The van der Waals surface area contributed by atoms with Gasteiger partial charge in [0.1, 0.15) is 0 Å². The van der Waals surface area contributed by atoms with Crippen molar-refractivity contribution < 1.29 is 58.4 Å². The van der Waals surface area contributed by atoms with E-state index < -0.39 is 8.60 Å². The molecule has 0 aromatic carbocycles. The minimum absolute atomic E-state index is 0.0870. The highest BCUT2D eigenvalue weighted by molar-refractivity contribution is 7.38. The molecule has 6 N–H and O–H groups in total. The van der Waals surface area contributed by atoms with Crippen LogP contribution in [0.3, 0.4) is 0 Å². The normalized spacial score (nSPS) is 9.64. The lowest BCUT2D eigenvalue weighted by Gasteiger charge is -1.98. The first-order valence-corrected chi connectivity index (χ1v) is 9.57. The Labute approximate surface area is 168 Å². The molecule has 0 aromatic heterocycles. The van der Waals surface area contributed by atoms with Crippen LogP contribution >= 0.6 is 8.60 Å². The average molecular weight is 442 g/mol. The summed E-state index contributed by atoms with van der Waals surface area (Å²) in [4.78, 5) is 21.7. The summed E-state index contributed by atoms with van der Waals surface area (Å²) in [6.45, 7) is 4.97. The van der Waals surface area contributed by atoms with E-state index in [1.54, 1.807) is 21.3 Å². The van der Waals surface area contributed by atoms with Crippen LogP contribution in [0, 0.1) is 0 Å². The average Bonchev–Trinajstić information content (AvgIpc) is 2.67. The van der Waals surface area contributed by atoms with Gasteiger partial charge in [0.2, 0.25) is 0 Å². The quantitative estimate of drug-likeness (QED) is 0.123. The second kappa shape index (κ2) is 41.3. The zero-order valence-electron chi connectivity index (χ0n) is 17.1. The summed E-state index contributed by atoms with van der Waals surface area (Å²) in [7, 11) is 2.22. The van der Waals surface area contributed by atoms with E-state index in [9.17, 15) is 0 Å². The van der Waals surface area contributed by atoms with Gasteiger partial charge in [-0.2, -0.15) is 0 Å². The summed E-state index contributed by atoms with van der Waals surface area (Å²) in [6, 6.07) is 0. The Morgan fingerprint density at radius 3 is 0.821 bits per heavy atom. The summed E-state index contributed by atoms with van der Waals surface area (Å²) in [5.41, 5.74) is 0. The van der Waals surface area contributed by atoms with Crippen LogP contribution in [0.2, 0.25) is 0 Å². The Morgan fingerprint density at radius 1 is 0.464 bits per heavy atom. The van der Waals surface area contributed by atoms with Gasteiger partial charge in [0.15, 0.2) is 0 Å². The van der Waals surface area contributed by atoms with Crippen LogP contribution < -0.4 is 0 Å². The van der Waals surface area contributed by atoms with Gasteiger partial charge in [-0.3, -0.25) is 0 Å². The van der Waals surface area contributed by atoms with Crippen LogP contribution in [-0.4, -0.2) is 131 Å². The van der Waals surface area contributed by atoms with Gasteiger partial charge in [-0.15, -0.1) is 0 Å². The van der Waals surface area contributed by atoms with Gasteiger partial charge in [-0.05, 0) is 0 Å². The molecule has 0 saturated carbocycles. The van der Waals surface area contributed by atoms with E-state index in [2.05, 4.69) is 14.2 Å². The molecule has 0 aliphatic heterocycles. The number of aliphatic hydroxyl groups excluding tert-OH is 3. The molecule has 0 atom stereocenters. The van der Waals surface area contributed by atoms with E-state index in [0.29, 0.717) is 59.5 Å². The molecule has 0 heterocycles. The molecular weight excluding hydrogens is 403 g/mol. The van der Waals surface area contributed by atoms with Crippen LogP contribution in [-0.2, 0) is 28.4 Å². The molecule has 176 valence electrons. The molecule has 13 heteroatoms. The van der Waals surface area contributed by atoms with E-state index >= 15 is 0 Å². The predicted octanol–water partition coefficient (Wildman–Crippen LogP) is -1.88. The van der Waals surface area contributed by atoms with Crippen molar-refractivity contribution in [3.05, 3.63) is 0 Å². The molecule has 28 heavy (non-hydrogen) atoms. The molecule has 0 saturated heterocycles. The summed E-state index contributed by atoms with van der Waals surface area (Å²) in [5.74, 6) is 0. The van der Waals surface area contributed by atoms with Gasteiger partial charge in [0.25, 0.3) is 0 Å². The van der Waals surface area contributed by atoms with Gasteiger partial charge in [0.05, 0.1) is 79.3 Å². The number of hydrogen-bond acceptors (Lipinski definition) is 12. The SMILES string of the molecule is COCCOCCO.COCCOCCO.COCCOCCO.OP(O)O. The minimum atomic E-state index is -2.62. The predicted molar refractivity (Wildman–Crippen MR) is 103 cm³/mol. The van der Waals surface area contributed by atoms with Crippen molar-refractivity contribution in [2.45, 2.75) is 0 Å². The molecule has 0 unspecified atom stereocenters. The highest BCUT2D eigenvalue weighted by Gasteiger charge is 1.83. The lowest BCUT2D eigenvalue weighted by atomic mass is 10.7. The van der Waals surface area contributed by atoms with Crippen LogP contribution in [0.4, 0.5) is 0 Å². The van der Waals surface area contributed by atoms with Crippen LogP contribution in [0.15, 0.2) is 0 Å². The number of hydrogen-bond donors (Lipinski definition) is 6. The molecule has 0 bridgehead atoms. The topological polar surface area (TPSA) is 177 Å². The fourth-order valence-electron chi connectivity index (χ4n) is 0.927. The molecule has 12 nitrogen and oxygen atoms in total. The van der Waals surface area contributed by atoms with E-state index in [-0.39, 0.29) is 19.8 Å². The van der Waals surface area contributed by atoms with Crippen molar-refractivity contribution in [1.29, 1.82) is 0 Å². The number of rotatable bonds is 15. The van der Waals surface area contributed by atoms with Crippen LogP contribution in [0.25, 0.3) is 0 Å². The summed E-state index contributed by atoms with van der Waals surface area (Å²) >= 11 is 0. The second-order valence-electron chi connectivity index (χ2n) is 4.25. The van der Waals surface area contributed by atoms with Crippen molar-refractivity contribution in [3.8, 4) is 0 Å². The van der Waals surface area contributed by atoms with Crippen LogP contribution in [0.1, 0.15) is 0 Å². The zero-order chi connectivity index (χ0) is 22.3. The Bertz CT molecular complexity index is 166. The van der Waals surface area contributed by atoms with Crippen molar-refractivity contribution in [2.24, 2.45) is 0 Å². The standard InChI is InChI=1S/3C5H12O3.H3O3P/c3*1-7-4-5-8-3-2-6;1-4(2)3/h3*6H,2-5H2,1H3;1-3H. The monoisotopic (exact) mass is 442 g/mol. The Kier molecular flexibility index (Phi) is 52.3. The molecule has 0 rings (SSSR count). The summed E-state index contributed by atoms with van der Waals surface area (Å²) < 4.78 is 28.6. The Balaban J connectivity index is -0.000000141. The maximum atomic E-state index is 8.20. The first-order chi connectivity index (χ1) is 13.5. The molecule has 0 amide bonds. The number of aliphatic hydroxyl groups is 3. The highest BCUT2D eigenvalue weighted by atomic mass is 31.2. The van der Waals surface area contributed by atoms with Crippen molar-refractivity contribution in [2.75, 3.05) is 101 Å². The third kappa shape index (κ3) is 72.3. The fraction of sp³-hybridized carbons (Fsp3) is 1.00. The Hall–Kier alpha value is -0.0500. The van der Waals surface area contributed by atoms with E-state index in [1.165, 1.54) is 0 Å². The zero-order valence-corrected chi connectivity index (χ0v) is 18.0. The molecule has 0 radical (unpaired) electrons. The van der Waals surface area contributed by atoms with Gasteiger partial charge in [0, 0.05) is 21.3 Å². The Morgan fingerprint density at radius 2 is 0.679 bits per heavy atom. The van der Waals surface area contributed by atoms with E-state index in [1.807, 2.05) is 0 Å². The number of ether oxygens (including phenoxy) is 6. The number of methoxy groups -OCH3 is 3. The molecule has 0 aliphatic carbocycles. The molecule has 0 aliphatic rings. The molecular formula is C15H39O12P. The van der Waals surface area contributed by atoms with Gasteiger partial charge in [-0.1, -0.05) is 0 Å². The first kappa shape index (κ1) is 35.4. The molecule has 0 aromatic rings. The fourth-order valence-corrected chi connectivity index (χ4v) is 0.927. The largest absolute Gasteiger partial charge is 0.394 e. The molecule has 0 fully saturated rings. The summed E-state index contributed by atoms with van der Waals surface area (Å²) in [5, 5.41) is 24.6. The van der Waals surface area contributed by atoms with Gasteiger partial charge >= 0.3 is 8.60 Å². The summed E-state index contributed by atoms with van der Waals surface area (Å²) in [6.07, 6.45) is 0. The van der Waals surface area contributed by atoms with E-state index in [4.69, 9.17) is 44.2 Å². The van der Waals surface area contributed by atoms with E-state index in [0.717, 1.165) is 0 Å². The highest BCUT2D eigenvalue weighted by Crippen LogP contribution is 2.11. The maximum absolute atomic E-state index is 8.20. The second-order valence-corrected chi connectivity index (χ2v) is 4.79. The van der Waals surface area contributed by atoms with Crippen molar-refractivity contribution in [1.82, 2.24) is 0 Å². The lowest BCUT2D eigenvalue weighted by molar-refractivity contribution is 0.0500.